The highest BCUT2D eigenvalue weighted by molar-refractivity contribution is 7.18. The molecule has 2 N–H and O–H groups in total. The van der Waals surface area contributed by atoms with Crippen molar-refractivity contribution < 1.29 is 0 Å². The normalized spacial score (nSPS) is 11.1. The monoisotopic (exact) mass is 305 g/mol. The molecule has 0 aromatic carbocycles. The van der Waals surface area contributed by atoms with E-state index in [1.54, 1.807) is 22.7 Å². The van der Waals surface area contributed by atoms with Gasteiger partial charge in [-0.1, -0.05) is 6.92 Å². The third-order valence-electron chi connectivity index (χ3n) is 3.03. The van der Waals surface area contributed by atoms with Crippen LogP contribution in [0.3, 0.4) is 0 Å². The quantitative estimate of drug-likeness (QED) is 0.802. The first-order valence-electron chi connectivity index (χ1n) is 6.31. The van der Waals surface area contributed by atoms with Crippen LogP contribution in [0, 0.1) is 0 Å². The zero-order valence-electron chi connectivity index (χ0n) is 11.3. The summed E-state index contributed by atoms with van der Waals surface area (Å²) < 4.78 is 0. The van der Waals surface area contributed by atoms with Gasteiger partial charge >= 0.3 is 0 Å². The van der Waals surface area contributed by atoms with Gasteiger partial charge in [0.1, 0.15) is 10.6 Å². The summed E-state index contributed by atoms with van der Waals surface area (Å²) in [5.41, 5.74) is 8.71. The van der Waals surface area contributed by atoms with Gasteiger partial charge in [-0.3, -0.25) is 0 Å². The lowest BCUT2D eigenvalue weighted by Gasteiger charge is -2.17. The van der Waals surface area contributed by atoms with Gasteiger partial charge in [0.2, 0.25) is 5.95 Å². The van der Waals surface area contributed by atoms with Crippen molar-refractivity contribution in [2.24, 2.45) is 0 Å². The van der Waals surface area contributed by atoms with Crippen LogP contribution in [0.15, 0.2) is 17.0 Å². The van der Waals surface area contributed by atoms with E-state index in [4.69, 9.17) is 5.73 Å². The Balaban J connectivity index is 2.02. The van der Waals surface area contributed by atoms with E-state index in [2.05, 4.69) is 32.8 Å². The molecular weight excluding hydrogens is 290 g/mol. The number of hydrogen-bond donors (Lipinski definition) is 1. The van der Waals surface area contributed by atoms with E-state index in [1.807, 2.05) is 17.9 Å². The van der Waals surface area contributed by atoms with Gasteiger partial charge in [-0.05, 0) is 12.5 Å². The lowest BCUT2D eigenvalue weighted by molar-refractivity contribution is 0.878. The number of anilines is 2. The number of nitrogen functional groups attached to an aromatic ring is 1. The standard InChI is InChI=1S/C13H15N5S2/c1-3-9-4-10-11(16-13(14)17-12(10)20-9)18(2)5-8-6-19-7-15-8/h4,6-7H,3,5H2,1-2H3,(H2,14,16,17). The highest BCUT2D eigenvalue weighted by Gasteiger charge is 2.14. The first-order valence-corrected chi connectivity index (χ1v) is 8.07. The molecular formula is C13H15N5S2. The van der Waals surface area contributed by atoms with E-state index in [-0.39, 0.29) is 0 Å². The molecule has 0 spiro atoms. The molecule has 0 unspecified atom stereocenters. The maximum absolute atomic E-state index is 5.83. The smallest absolute Gasteiger partial charge is 0.223 e. The van der Waals surface area contributed by atoms with Crippen molar-refractivity contribution in [3.63, 3.8) is 0 Å². The SMILES string of the molecule is CCc1cc2c(N(C)Cc3cscn3)nc(N)nc2s1. The van der Waals surface area contributed by atoms with Crippen LogP contribution in [-0.4, -0.2) is 22.0 Å². The fourth-order valence-corrected chi connectivity index (χ4v) is 3.59. The highest BCUT2D eigenvalue weighted by Crippen LogP contribution is 2.31. The third-order valence-corrected chi connectivity index (χ3v) is 4.84. The summed E-state index contributed by atoms with van der Waals surface area (Å²) in [6.45, 7) is 2.85. The van der Waals surface area contributed by atoms with Gasteiger partial charge in [0.25, 0.3) is 0 Å². The van der Waals surface area contributed by atoms with Crippen LogP contribution in [0.4, 0.5) is 11.8 Å². The van der Waals surface area contributed by atoms with E-state index in [0.29, 0.717) is 12.5 Å². The van der Waals surface area contributed by atoms with Gasteiger partial charge < -0.3 is 10.6 Å². The molecule has 104 valence electrons. The van der Waals surface area contributed by atoms with E-state index < -0.39 is 0 Å². The van der Waals surface area contributed by atoms with E-state index in [1.165, 1.54) is 4.88 Å². The second kappa shape index (κ2) is 5.34. The Kier molecular flexibility index (Phi) is 3.54. The number of nitrogens with two attached hydrogens (primary N) is 1. The summed E-state index contributed by atoms with van der Waals surface area (Å²) in [5.74, 6) is 1.19. The number of fused-ring (bicyclic) bond motifs is 1. The average Bonchev–Trinajstić information content (AvgIpc) is 3.06. The van der Waals surface area contributed by atoms with Crippen LogP contribution >= 0.6 is 22.7 Å². The molecule has 0 saturated heterocycles. The molecule has 7 heteroatoms. The molecule has 0 aliphatic heterocycles. The summed E-state index contributed by atoms with van der Waals surface area (Å²) in [4.78, 5) is 17.4. The van der Waals surface area contributed by atoms with Gasteiger partial charge in [-0.2, -0.15) is 4.98 Å². The molecule has 3 aromatic rings. The van der Waals surface area contributed by atoms with Crippen LogP contribution < -0.4 is 10.6 Å². The summed E-state index contributed by atoms with van der Waals surface area (Å²) in [6, 6.07) is 2.16. The molecule has 0 atom stereocenters. The predicted octanol–water partition coefficient (Wildman–Crippen LogP) is 2.93. The molecule has 0 radical (unpaired) electrons. The molecule has 5 nitrogen and oxygen atoms in total. The number of hydrogen-bond acceptors (Lipinski definition) is 7. The van der Waals surface area contributed by atoms with Gasteiger partial charge in [0, 0.05) is 17.3 Å². The van der Waals surface area contributed by atoms with Crippen LogP contribution in [0.5, 0.6) is 0 Å². The first kappa shape index (κ1) is 13.3. The average molecular weight is 305 g/mol. The minimum atomic E-state index is 0.321. The molecule has 0 aliphatic rings. The van der Waals surface area contributed by atoms with E-state index in [0.717, 1.165) is 28.1 Å². The largest absolute Gasteiger partial charge is 0.368 e. The maximum Gasteiger partial charge on any atom is 0.223 e. The molecule has 0 fully saturated rings. The molecule has 3 heterocycles. The second-order valence-corrected chi connectivity index (χ2v) is 6.36. The number of thiazole rings is 1. The van der Waals surface area contributed by atoms with Crippen molar-refractivity contribution in [3.05, 3.63) is 27.5 Å². The van der Waals surface area contributed by atoms with Crippen molar-refractivity contribution in [1.29, 1.82) is 0 Å². The highest BCUT2D eigenvalue weighted by atomic mass is 32.1. The number of aromatic nitrogens is 3. The van der Waals surface area contributed by atoms with Gasteiger partial charge in [0.05, 0.1) is 23.1 Å². The zero-order chi connectivity index (χ0) is 14.1. The Hall–Kier alpha value is -1.73. The third kappa shape index (κ3) is 2.46. The Labute approximate surface area is 125 Å². The van der Waals surface area contributed by atoms with Crippen LogP contribution in [0.2, 0.25) is 0 Å². The fourth-order valence-electron chi connectivity index (χ4n) is 2.07. The van der Waals surface area contributed by atoms with Crippen LogP contribution in [-0.2, 0) is 13.0 Å². The molecule has 20 heavy (non-hydrogen) atoms. The predicted molar refractivity (Wildman–Crippen MR) is 85.4 cm³/mol. The lowest BCUT2D eigenvalue weighted by atomic mass is 10.3. The molecule has 0 amide bonds. The number of nitrogens with zero attached hydrogens (tertiary/aromatic N) is 4. The van der Waals surface area contributed by atoms with Crippen molar-refractivity contribution in [3.8, 4) is 0 Å². The van der Waals surface area contributed by atoms with Crippen molar-refractivity contribution >= 4 is 44.7 Å². The molecule has 0 saturated carbocycles. The summed E-state index contributed by atoms with van der Waals surface area (Å²) >= 11 is 3.28. The van der Waals surface area contributed by atoms with Crippen molar-refractivity contribution in [2.75, 3.05) is 17.7 Å². The van der Waals surface area contributed by atoms with Crippen molar-refractivity contribution in [2.45, 2.75) is 19.9 Å². The van der Waals surface area contributed by atoms with Gasteiger partial charge in [-0.25, -0.2) is 9.97 Å². The number of aryl methyl sites for hydroxylation is 1. The van der Waals surface area contributed by atoms with Gasteiger partial charge in [-0.15, -0.1) is 22.7 Å². The lowest BCUT2D eigenvalue weighted by Crippen LogP contribution is -2.18. The second-order valence-electron chi connectivity index (χ2n) is 4.53. The van der Waals surface area contributed by atoms with E-state index in [9.17, 15) is 0 Å². The first-order chi connectivity index (χ1) is 9.67. The molecule has 3 rings (SSSR count). The minimum Gasteiger partial charge on any atom is -0.368 e. The Morgan fingerprint density at radius 2 is 2.20 bits per heavy atom. The Morgan fingerprint density at radius 1 is 1.35 bits per heavy atom. The van der Waals surface area contributed by atoms with Crippen LogP contribution in [0.25, 0.3) is 10.2 Å². The summed E-state index contributed by atoms with van der Waals surface area (Å²) in [6.07, 6.45) is 0.996. The van der Waals surface area contributed by atoms with Crippen molar-refractivity contribution in [1.82, 2.24) is 15.0 Å². The Bertz CT molecular complexity index is 720. The molecule has 0 aliphatic carbocycles. The number of rotatable bonds is 4. The molecule has 0 bridgehead atoms. The maximum atomic E-state index is 5.83. The number of thiophene rings is 1. The Morgan fingerprint density at radius 3 is 2.90 bits per heavy atom. The summed E-state index contributed by atoms with van der Waals surface area (Å²) in [5, 5.41) is 3.11. The van der Waals surface area contributed by atoms with E-state index >= 15 is 0 Å². The minimum absolute atomic E-state index is 0.321. The van der Waals surface area contributed by atoms with Gasteiger partial charge in [0.15, 0.2) is 0 Å². The molecule has 3 aromatic heterocycles. The topological polar surface area (TPSA) is 67.9 Å². The van der Waals surface area contributed by atoms with Crippen LogP contribution in [0.1, 0.15) is 17.5 Å². The summed E-state index contributed by atoms with van der Waals surface area (Å²) in [7, 11) is 2.00. The zero-order valence-corrected chi connectivity index (χ0v) is 13.0. The fraction of sp³-hybridized carbons (Fsp3) is 0.308.